The Kier molecular flexibility index (Phi) is 3.49. The van der Waals surface area contributed by atoms with Gasteiger partial charge >= 0.3 is 0 Å². The van der Waals surface area contributed by atoms with Crippen molar-refractivity contribution >= 4 is 28.5 Å². The van der Waals surface area contributed by atoms with Gasteiger partial charge in [0, 0.05) is 19.8 Å². The summed E-state index contributed by atoms with van der Waals surface area (Å²) in [6.07, 6.45) is 6.89. The molecule has 2 aromatic rings. The Morgan fingerprint density at radius 1 is 1.45 bits per heavy atom. The Labute approximate surface area is 122 Å². The Bertz CT molecular complexity index is 679. The van der Waals surface area contributed by atoms with Gasteiger partial charge in [-0.15, -0.1) is 0 Å². The molecule has 0 spiro atoms. The third-order valence-corrected chi connectivity index (χ3v) is 4.11. The fraction of sp³-hybridized carbons (Fsp3) is 0.500. The maximum atomic E-state index is 9.24. The standard InChI is InChI=1S/C14H16ClN5/c1-20-8-10(6-16)11-12(18-14(15)19-13(11)20)17-7-9-4-2-3-5-9/h8-9H,2-5,7H2,1H3,(H,17,18,19). The van der Waals surface area contributed by atoms with Gasteiger partial charge in [0.2, 0.25) is 5.28 Å². The summed E-state index contributed by atoms with van der Waals surface area (Å²) in [7, 11) is 1.85. The van der Waals surface area contributed by atoms with E-state index < -0.39 is 0 Å². The molecule has 0 radical (unpaired) electrons. The first kappa shape index (κ1) is 13.2. The second kappa shape index (κ2) is 5.29. The van der Waals surface area contributed by atoms with Crippen LogP contribution in [0.2, 0.25) is 5.28 Å². The van der Waals surface area contributed by atoms with E-state index in [0.29, 0.717) is 22.9 Å². The number of aromatic nitrogens is 3. The summed E-state index contributed by atoms with van der Waals surface area (Å²) >= 11 is 5.99. The molecule has 1 aliphatic carbocycles. The molecule has 3 rings (SSSR count). The predicted octanol–water partition coefficient (Wildman–Crippen LogP) is 3.10. The lowest BCUT2D eigenvalue weighted by atomic mass is 10.1. The van der Waals surface area contributed by atoms with Crippen molar-refractivity contribution in [3.05, 3.63) is 17.0 Å². The summed E-state index contributed by atoms with van der Waals surface area (Å²) in [4.78, 5) is 8.47. The molecule has 0 amide bonds. The molecule has 1 N–H and O–H groups in total. The van der Waals surface area contributed by atoms with Gasteiger partial charge < -0.3 is 9.88 Å². The Morgan fingerprint density at radius 3 is 2.90 bits per heavy atom. The summed E-state index contributed by atoms with van der Waals surface area (Å²) in [6.45, 7) is 0.877. The number of hydrogen-bond donors (Lipinski definition) is 1. The summed E-state index contributed by atoms with van der Waals surface area (Å²) in [6, 6.07) is 2.19. The van der Waals surface area contributed by atoms with Crippen molar-refractivity contribution in [1.82, 2.24) is 14.5 Å². The number of halogens is 1. The number of anilines is 1. The molecule has 0 atom stereocenters. The molecule has 1 saturated carbocycles. The highest BCUT2D eigenvalue weighted by atomic mass is 35.5. The summed E-state index contributed by atoms with van der Waals surface area (Å²) in [5.74, 6) is 1.36. The number of nitrogens with one attached hydrogen (secondary N) is 1. The molecule has 0 unspecified atom stereocenters. The van der Waals surface area contributed by atoms with E-state index >= 15 is 0 Å². The smallest absolute Gasteiger partial charge is 0.226 e. The average Bonchev–Trinajstić information content (AvgIpc) is 3.04. The first-order valence-corrected chi connectivity index (χ1v) is 7.23. The van der Waals surface area contributed by atoms with Gasteiger partial charge in [-0.25, -0.2) is 4.98 Å². The number of nitrogens with zero attached hydrogens (tertiary/aromatic N) is 4. The van der Waals surface area contributed by atoms with Gasteiger partial charge in [-0.2, -0.15) is 10.2 Å². The zero-order valence-electron chi connectivity index (χ0n) is 11.4. The molecule has 0 bridgehead atoms. The van der Waals surface area contributed by atoms with Crippen molar-refractivity contribution in [3.8, 4) is 6.07 Å². The SMILES string of the molecule is Cn1cc(C#N)c2c(NCC3CCCC3)nc(Cl)nc21. The molecule has 0 saturated heterocycles. The maximum absolute atomic E-state index is 9.24. The molecule has 20 heavy (non-hydrogen) atoms. The van der Waals surface area contributed by atoms with Crippen LogP contribution in [-0.4, -0.2) is 21.1 Å². The normalized spacial score (nSPS) is 15.7. The van der Waals surface area contributed by atoms with Crippen molar-refractivity contribution in [1.29, 1.82) is 5.26 Å². The number of rotatable bonds is 3. The lowest BCUT2D eigenvalue weighted by Crippen LogP contribution is -2.12. The molecule has 0 aliphatic heterocycles. The molecule has 2 heterocycles. The van der Waals surface area contributed by atoms with Crippen LogP contribution in [0, 0.1) is 17.2 Å². The van der Waals surface area contributed by atoms with Crippen LogP contribution in [0.25, 0.3) is 11.0 Å². The van der Waals surface area contributed by atoms with Crippen LogP contribution in [0.1, 0.15) is 31.2 Å². The van der Waals surface area contributed by atoms with Gasteiger partial charge in [-0.05, 0) is 30.4 Å². The van der Waals surface area contributed by atoms with Crippen molar-refractivity contribution in [2.75, 3.05) is 11.9 Å². The fourth-order valence-corrected chi connectivity index (χ4v) is 3.08. The van der Waals surface area contributed by atoms with E-state index in [-0.39, 0.29) is 5.28 Å². The minimum atomic E-state index is 0.206. The summed E-state index contributed by atoms with van der Waals surface area (Å²) < 4.78 is 1.81. The van der Waals surface area contributed by atoms with Crippen LogP contribution >= 0.6 is 11.6 Å². The summed E-state index contributed by atoms with van der Waals surface area (Å²) in [5.41, 5.74) is 1.27. The van der Waals surface area contributed by atoms with E-state index in [1.54, 1.807) is 6.20 Å². The minimum absolute atomic E-state index is 0.206. The Balaban J connectivity index is 1.98. The predicted molar refractivity (Wildman–Crippen MR) is 78.7 cm³/mol. The molecule has 104 valence electrons. The Hall–Kier alpha value is -1.80. The van der Waals surface area contributed by atoms with E-state index in [2.05, 4.69) is 21.4 Å². The molecular formula is C14H16ClN5. The Morgan fingerprint density at radius 2 is 2.20 bits per heavy atom. The number of fused-ring (bicyclic) bond motifs is 1. The highest BCUT2D eigenvalue weighted by Gasteiger charge is 2.18. The van der Waals surface area contributed by atoms with Gasteiger partial charge in [0.15, 0.2) is 0 Å². The highest BCUT2D eigenvalue weighted by molar-refractivity contribution is 6.28. The zero-order valence-corrected chi connectivity index (χ0v) is 12.1. The third kappa shape index (κ3) is 2.32. The van der Waals surface area contributed by atoms with Crippen molar-refractivity contribution < 1.29 is 0 Å². The monoisotopic (exact) mass is 289 g/mol. The first-order chi connectivity index (χ1) is 9.69. The van der Waals surface area contributed by atoms with Gasteiger partial charge in [-0.3, -0.25) is 0 Å². The second-order valence-electron chi connectivity index (χ2n) is 5.34. The maximum Gasteiger partial charge on any atom is 0.226 e. The molecule has 5 nitrogen and oxygen atoms in total. The summed E-state index contributed by atoms with van der Waals surface area (Å²) in [5, 5.41) is 13.6. The molecule has 6 heteroatoms. The minimum Gasteiger partial charge on any atom is -0.369 e. The average molecular weight is 290 g/mol. The molecule has 0 aromatic carbocycles. The van der Waals surface area contributed by atoms with E-state index in [1.807, 2.05) is 11.6 Å². The van der Waals surface area contributed by atoms with E-state index in [9.17, 15) is 5.26 Å². The number of nitriles is 1. The molecule has 1 aliphatic rings. The number of hydrogen-bond acceptors (Lipinski definition) is 4. The van der Waals surface area contributed by atoms with Crippen molar-refractivity contribution in [2.24, 2.45) is 13.0 Å². The molecular weight excluding hydrogens is 274 g/mol. The molecule has 2 aromatic heterocycles. The second-order valence-corrected chi connectivity index (χ2v) is 5.67. The van der Waals surface area contributed by atoms with Crippen molar-refractivity contribution in [3.63, 3.8) is 0 Å². The van der Waals surface area contributed by atoms with Crippen LogP contribution in [0.15, 0.2) is 6.20 Å². The third-order valence-electron chi connectivity index (χ3n) is 3.94. The van der Waals surface area contributed by atoms with Gasteiger partial charge in [0.1, 0.15) is 17.5 Å². The lowest BCUT2D eigenvalue weighted by Gasteiger charge is -2.12. The topological polar surface area (TPSA) is 66.5 Å². The largest absolute Gasteiger partial charge is 0.369 e. The molecule has 1 fully saturated rings. The first-order valence-electron chi connectivity index (χ1n) is 6.85. The quantitative estimate of drug-likeness (QED) is 0.882. The van der Waals surface area contributed by atoms with Crippen LogP contribution < -0.4 is 5.32 Å². The van der Waals surface area contributed by atoms with E-state index in [4.69, 9.17) is 11.6 Å². The van der Waals surface area contributed by atoms with E-state index in [0.717, 1.165) is 11.9 Å². The van der Waals surface area contributed by atoms with Gasteiger partial charge in [-0.1, -0.05) is 12.8 Å². The van der Waals surface area contributed by atoms with Crippen LogP contribution in [0.5, 0.6) is 0 Å². The highest BCUT2D eigenvalue weighted by Crippen LogP contribution is 2.29. The van der Waals surface area contributed by atoms with Gasteiger partial charge in [0.05, 0.1) is 10.9 Å². The van der Waals surface area contributed by atoms with Crippen molar-refractivity contribution in [2.45, 2.75) is 25.7 Å². The van der Waals surface area contributed by atoms with Gasteiger partial charge in [0.25, 0.3) is 0 Å². The van der Waals surface area contributed by atoms with Crippen LogP contribution in [-0.2, 0) is 7.05 Å². The van der Waals surface area contributed by atoms with E-state index in [1.165, 1.54) is 25.7 Å². The fourth-order valence-electron chi connectivity index (χ4n) is 2.91. The van der Waals surface area contributed by atoms with Crippen LogP contribution in [0.3, 0.4) is 0 Å². The van der Waals surface area contributed by atoms with Crippen LogP contribution in [0.4, 0.5) is 5.82 Å². The number of aryl methyl sites for hydroxylation is 1. The lowest BCUT2D eigenvalue weighted by molar-refractivity contribution is 0.579. The zero-order chi connectivity index (χ0) is 14.1.